The summed E-state index contributed by atoms with van der Waals surface area (Å²) < 4.78 is 6.94. The fourth-order valence-corrected chi connectivity index (χ4v) is 4.09. The molecule has 1 amide bonds. The predicted octanol–water partition coefficient (Wildman–Crippen LogP) is 4.71. The van der Waals surface area contributed by atoms with Crippen molar-refractivity contribution in [1.29, 1.82) is 0 Å². The quantitative estimate of drug-likeness (QED) is 0.472. The van der Waals surface area contributed by atoms with Gasteiger partial charge in [0.1, 0.15) is 12.4 Å². The summed E-state index contributed by atoms with van der Waals surface area (Å²) >= 11 is 3.66. The number of ether oxygens (including phenoxy) is 1. The molecule has 2 aromatic rings. The first kappa shape index (κ1) is 19.0. The van der Waals surface area contributed by atoms with E-state index in [1.165, 1.54) is 17.3 Å². The van der Waals surface area contributed by atoms with Crippen LogP contribution < -0.4 is 4.74 Å². The third-order valence-electron chi connectivity index (χ3n) is 3.96. The Morgan fingerprint density at radius 2 is 1.96 bits per heavy atom. The summed E-state index contributed by atoms with van der Waals surface area (Å²) in [4.78, 5) is 18.6. The van der Waals surface area contributed by atoms with Gasteiger partial charge in [0.15, 0.2) is 5.17 Å². The molecule has 1 aliphatic rings. The minimum Gasteiger partial charge on any atom is -0.488 e. The van der Waals surface area contributed by atoms with Crippen LogP contribution >= 0.6 is 34.4 Å². The molecular weight excluding hydrogens is 459 g/mol. The summed E-state index contributed by atoms with van der Waals surface area (Å²) in [6.07, 6.45) is 1.90. The summed E-state index contributed by atoms with van der Waals surface area (Å²) in [6, 6.07) is 14.3. The van der Waals surface area contributed by atoms with Gasteiger partial charge in [-0.25, -0.2) is 0 Å². The molecule has 134 valence electrons. The fraction of sp³-hybridized carbons (Fsp3) is 0.200. The maximum atomic E-state index is 12.2. The lowest BCUT2D eigenvalue weighted by Crippen LogP contribution is -2.23. The molecule has 0 atom stereocenters. The van der Waals surface area contributed by atoms with Crippen LogP contribution in [0.25, 0.3) is 6.08 Å². The molecule has 0 bridgehead atoms. The number of halogens is 1. The minimum absolute atomic E-state index is 0.0229. The molecule has 0 unspecified atom stereocenters. The Kier molecular flexibility index (Phi) is 6.03. The van der Waals surface area contributed by atoms with Gasteiger partial charge in [0, 0.05) is 14.1 Å². The van der Waals surface area contributed by atoms with E-state index in [2.05, 4.69) is 58.8 Å². The molecule has 1 aliphatic heterocycles. The Hall–Kier alpha value is -1.80. The zero-order chi connectivity index (χ0) is 18.7. The predicted molar refractivity (Wildman–Crippen MR) is 116 cm³/mol. The van der Waals surface area contributed by atoms with Gasteiger partial charge in [0.2, 0.25) is 0 Å². The molecule has 26 heavy (non-hydrogen) atoms. The van der Waals surface area contributed by atoms with Crippen molar-refractivity contribution >= 4 is 51.5 Å². The van der Waals surface area contributed by atoms with Crippen LogP contribution in [0.2, 0.25) is 0 Å². The average molecular weight is 478 g/mol. The molecule has 6 heteroatoms. The topological polar surface area (TPSA) is 41.9 Å². The van der Waals surface area contributed by atoms with Crippen molar-refractivity contribution in [3.8, 4) is 5.75 Å². The lowest BCUT2D eigenvalue weighted by molar-refractivity contribution is -0.121. The van der Waals surface area contributed by atoms with Gasteiger partial charge in [-0.05, 0) is 70.6 Å². The SMILES string of the molecule is CN=C1S/C(=C/c2ccc(OCc3ccc(C)cc3)c(I)c2)C(=O)N1C. The Bertz CT molecular complexity index is 891. The largest absolute Gasteiger partial charge is 0.488 e. The molecule has 0 radical (unpaired) electrons. The number of likely N-dealkylation sites (N-methyl/N-ethyl adjacent to an activating group) is 1. The Morgan fingerprint density at radius 3 is 2.58 bits per heavy atom. The first-order valence-electron chi connectivity index (χ1n) is 8.10. The second kappa shape index (κ2) is 8.26. The van der Waals surface area contributed by atoms with Gasteiger partial charge >= 0.3 is 0 Å². The summed E-state index contributed by atoms with van der Waals surface area (Å²) in [6.45, 7) is 2.60. The highest BCUT2D eigenvalue weighted by atomic mass is 127. The summed E-state index contributed by atoms with van der Waals surface area (Å²) in [5, 5.41) is 0.717. The van der Waals surface area contributed by atoms with Gasteiger partial charge < -0.3 is 4.74 Å². The Labute approximate surface area is 171 Å². The molecule has 2 aromatic carbocycles. The van der Waals surface area contributed by atoms with Crippen LogP contribution in [0.5, 0.6) is 5.75 Å². The van der Waals surface area contributed by atoms with Crippen molar-refractivity contribution in [2.45, 2.75) is 13.5 Å². The Balaban J connectivity index is 1.72. The van der Waals surface area contributed by atoms with Crippen LogP contribution in [0.15, 0.2) is 52.4 Å². The molecular formula is C20H19IN2O2S. The van der Waals surface area contributed by atoms with Crippen LogP contribution in [0.3, 0.4) is 0 Å². The number of aryl methyl sites for hydroxylation is 1. The minimum atomic E-state index is -0.0229. The standard InChI is InChI=1S/C20H19IN2O2S/c1-13-4-6-14(7-5-13)12-25-17-9-8-15(10-16(17)21)11-18-19(24)23(3)20(22-2)26-18/h4-11H,12H2,1-3H3/b18-11+,22-20?. The van der Waals surface area contributed by atoms with Crippen LogP contribution in [0.4, 0.5) is 0 Å². The highest BCUT2D eigenvalue weighted by Crippen LogP contribution is 2.32. The smallest absolute Gasteiger partial charge is 0.266 e. The first-order chi connectivity index (χ1) is 12.5. The number of hydrogen-bond donors (Lipinski definition) is 0. The molecule has 0 aromatic heterocycles. The normalized spacial score (nSPS) is 17.4. The van der Waals surface area contributed by atoms with Gasteiger partial charge in [-0.2, -0.15) is 0 Å². The van der Waals surface area contributed by atoms with Gasteiger partial charge in [-0.15, -0.1) is 0 Å². The van der Waals surface area contributed by atoms with Crippen LogP contribution in [-0.2, 0) is 11.4 Å². The lowest BCUT2D eigenvalue weighted by atomic mass is 10.1. The van der Waals surface area contributed by atoms with E-state index >= 15 is 0 Å². The van der Waals surface area contributed by atoms with Gasteiger partial charge in [-0.1, -0.05) is 35.9 Å². The Morgan fingerprint density at radius 1 is 1.23 bits per heavy atom. The van der Waals surface area contributed by atoms with E-state index in [4.69, 9.17) is 4.74 Å². The maximum absolute atomic E-state index is 12.2. The molecule has 0 saturated carbocycles. The van der Waals surface area contributed by atoms with Crippen molar-refractivity contribution in [1.82, 2.24) is 4.90 Å². The fourth-order valence-electron chi connectivity index (χ4n) is 2.47. The zero-order valence-corrected chi connectivity index (χ0v) is 17.8. The molecule has 4 nitrogen and oxygen atoms in total. The molecule has 0 aliphatic carbocycles. The van der Waals surface area contributed by atoms with Crippen molar-refractivity contribution in [3.63, 3.8) is 0 Å². The molecule has 0 N–H and O–H groups in total. The van der Waals surface area contributed by atoms with E-state index in [0.717, 1.165) is 20.4 Å². The lowest BCUT2D eigenvalue weighted by Gasteiger charge is -2.09. The molecule has 0 spiro atoms. The van der Waals surface area contributed by atoms with E-state index in [9.17, 15) is 4.79 Å². The van der Waals surface area contributed by atoms with Crippen LogP contribution in [-0.4, -0.2) is 30.1 Å². The third kappa shape index (κ3) is 4.29. The molecule has 3 rings (SSSR count). The highest BCUT2D eigenvalue weighted by molar-refractivity contribution is 14.1. The summed E-state index contributed by atoms with van der Waals surface area (Å²) in [7, 11) is 3.43. The number of rotatable bonds is 4. The number of amides is 1. The number of carbonyl (C=O) groups is 1. The number of hydrogen-bond acceptors (Lipinski definition) is 4. The number of thioether (sulfide) groups is 1. The summed E-state index contributed by atoms with van der Waals surface area (Å²) in [5.41, 5.74) is 3.35. The number of nitrogens with zero attached hydrogens (tertiary/aromatic N) is 2. The molecule has 1 saturated heterocycles. The number of aliphatic imine (C=N–C) groups is 1. The van der Waals surface area contributed by atoms with E-state index in [0.29, 0.717) is 16.7 Å². The second-order valence-corrected chi connectivity index (χ2v) is 8.12. The first-order valence-corrected chi connectivity index (χ1v) is 9.99. The van der Waals surface area contributed by atoms with Crippen LogP contribution in [0.1, 0.15) is 16.7 Å². The van der Waals surface area contributed by atoms with Crippen LogP contribution in [0, 0.1) is 10.5 Å². The third-order valence-corrected chi connectivity index (χ3v) is 5.96. The van der Waals surface area contributed by atoms with Gasteiger partial charge in [0.05, 0.1) is 8.48 Å². The van der Waals surface area contributed by atoms with Crippen molar-refractivity contribution in [2.24, 2.45) is 4.99 Å². The highest BCUT2D eigenvalue weighted by Gasteiger charge is 2.29. The van der Waals surface area contributed by atoms with E-state index in [1.807, 2.05) is 24.3 Å². The average Bonchev–Trinajstić information content (AvgIpc) is 2.90. The van der Waals surface area contributed by atoms with Crippen molar-refractivity contribution < 1.29 is 9.53 Å². The molecule has 1 heterocycles. The van der Waals surface area contributed by atoms with Crippen molar-refractivity contribution in [3.05, 3.63) is 67.6 Å². The van der Waals surface area contributed by atoms with Crippen molar-refractivity contribution in [2.75, 3.05) is 14.1 Å². The number of amidine groups is 1. The maximum Gasteiger partial charge on any atom is 0.266 e. The van der Waals surface area contributed by atoms with E-state index in [-0.39, 0.29) is 5.91 Å². The van der Waals surface area contributed by atoms with Gasteiger partial charge in [0.25, 0.3) is 5.91 Å². The zero-order valence-electron chi connectivity index (χ0n) is 14.8. The molecule has 1 fully saturated rings. The van der Waals surface area contributed by atoms with E-state index < -0.39 is 0 Å². The van der Waals surface area contributed by atoms with Gasteiger partial charge in [-0.3, -0.25) is 14.7 Å². The number of benzene rings is 2. The summed E-state index contributed by atoms with van der Waals surface area (Å²) in [5.74, 6) is 0.817. The number of carbonyl (C=O) groups excluding carboxylic acids is 1. The monoisotopic (exact) mass is 478 g/mol. The van der Waals surface area contributed by atoms with E-state index in [1.54, 1.807) is 19.0 Å². The second-order valence-electron chi connectivity index (χ2n) is 5.95.